The summed E-state index contributed by atoms with van der Waals surface area (Å²) in [5.41, 5.74) is -0.147. The number of anilines is 3. The lowest BCUT2D eigenvalue weighted by Gasteiger charge is -2.35. The molecule has 0 spiro atoms. The fourth-order valence-corrected chi connectivity index (χ4v) is 5.75. The van der Waals surface area contributed by atoms with Gasteiger partial charge in [-0.1, -0.05) is 13.3 Å². The van der Waals surface area contributed by atoms with E-state index in [4.69, 9.17) is 4.74 Å². The maximum atomic E-state index is 13.9. The number of likely N-dealkylation sites (tertiary alicyclic amines) is 1. The summed E-state index contributed by atoms with van der Waals surface area (Å²) < 4.78 is 47.8. The second-order valence-corrected chi connectivity index (χ2v) is 12.0. The molecule has 1 aromatic heterocycles. The van der Waals surface area contributed by atoms with Gasteiger partial charge in [-0.05, 0) is 78.2 Å². The third kappa shape index (κ3) is 8.30. The summed E-state index contributed by atoms with van der Waals surface area (Å²) in [6.45, 7) is 7.87. The molecule has 2 aromatic rings. The Hall–Kier alpha value is -3.61. The van der Waals surface area contributed by atoms with Gasteiger partial charge in [-0.3, -0.25) is 9.59 Å². The molecule has 2 aliphatic rings. The number of rotatable bonds is 11. The van der Waals surface area contributed by atoms with Crippen LogP contribution in [0.3, 0.4) is 0 Å². The van der Waals surface area contributed by atoms with Crippen LogP contribution in [0, 0.1) is 5.92 Å². The topological polar surface area (TPSA) is 112 Å². The smallest absolute Gasteiger partial charge is 0.421 e. The summed E-state index contributed by atoms with van der Waals surface area (Å²) >= 11 is 0. The maximum absolute atomic E-state index is 13.9. The van der Waals surface area contributed by atoms with Crippen molar-refractivity contribution in [3.05, 3.63) is 35.5 Å². The molecule has 10 nitrogen and oxygen atoms in total. The minimum absolute atomic E-state index is 0.0642. The minimum atomic E-state index is -4.70. The second-order valence-electron chi connectivity index (χ2n) is 12.0. The molecule has 242 valence electrons. The number of carbonyl (C=O) groups excluding carboxylic acids is 2. The molecule has 1 saturated heterocycles. The van der Waals surface area contributed by atoms with E-state index in [0.29, 0.717) is 42.9 Å². The molecule has 1 aromatic carbocycles. The molecule has 0 radical (unpaired) electrons. The predicted octanol–water partition coefficient (Wildman–Crippen LogP) is 5.30. The van der Waals surface area contributed by atoms with Gasteiger partial charge in [0.2, 0.25) is 11.9 Å². The van der Waals surface area contributed by atoms with Crippen molar-refractivity contribution in [1.29, 1.82) is 0 Å². The molecule has 1 aliphatic heterocycles. The number of ether oxygens (including phenoxy) is 1. The van der Waals surface area contributed by atoms with E-state index in [2.05, 4.69) is 37.9 Å². The monoisotopic (exact) mass is 619 g/mol. The summed E-state index contributed by atoms with van der Waals surface area (Å²) in [6, 6.07) is 4.50. The number of carbonyl (C=O) groups is 2. The van der Waals surface area contributed by atoms with Crippen molar-refractivity contribution in [3.63, 3.8) is 0 Å². The molecule has 2 atom stereocenters. The number of benzene rings is 1. The predicted molar refractivity (Wildman–Crippen MR) is 163 cm³/mol. The van der Waals surface area contributed by atoms with E-state index < -0.39 is 29.5 Å². The molecular formula is C31H44F3N7O3. The summed E-state index contributed by atoms with van der Waals surface area (Å²) in [6.07, 6.45) is 0.363. The van der Waals surface area contributed by atoms with Crippen molar-refractivity contribution in [1.82, 2.24) is 25.1 Å². The van der Waals surface area contributed by atoms with Crippen molar-refractivity contribution in [2.24, 2.45) is 5.92 Å². The minimum Gasteiger partial charge on any atom is -0.493 e. The number of aromatic nitrogens is 2. The van der Waals surface area contributed by atoms with Gasteiger partial charge in [0.15, 0.2) is 0 Å². The van der Waals surface area contributed by atoms with Gasteiger partial charge in [-0.15, -0.1) is 0 Å². The highest BCUT2D eigenvalue weighted by Crippen LogP contribution is 2.37. The molecule has 2 unspecified atom stereocenters. The molecule has 0 bridgehead atoms. The van der Waals surface area contributed by atoms with Crippen LogP contribution in [0.5, 0.6) is 5.75 Å². The van der Waals surface area contributed by atoms with Crippen LogP contribution in [0.2, 0.25) is 0 Å². The quantitative estimate of drug-likeness (QED) is 0.311. The first kappa shape index (κ1) is 33.3. The zero-order valence-corrected chi connectivity index (χ0v) is 26.1. The van der Waals surface area contributed by atoms with Gasteiger partial charge in [0.25, 0.3) is 5.91 Å². The van der Waals surface area contributed by atoms with Crippen molar-refractivity contribution in [3.8, 4) is 5.75 Å². The lowest BCUT2D eigenvalue weighted by atomic mass is 10.0. The first-order chi connectivity index (χ1) is 20.9. The average Bonchev–Trinajstić information content (AvgIpc) is 3.43. The Kier molecular flexibility index (Phi) is 10.9. The first-order valence-electron chi connectivity index (χ1n) is 15.4. The van der Waals surface area contributed by atoms with Crippen LogP contribution in [0.1, 0.15) is 75.2 Å². The van der Waals surface area contributed by atoms with E-state index in [0.717, 1.165) is 38.5 Å². The molecule has 4 rings (SSSR count). The molecule has 13 heteroatoms. The summed E-state index contributed by atoms with van der Waals surface area (Å²) in [7, 11) is 3.87. The van der Waals surface area contributed by atoms with Crippen LogP contribution in [-0.2, 0) is 11.0 Å². The lowest BCUT2D eigenvalue weighted by Crippen LogP contribution is -2.44. The first-order valence-corrected chi connectivity index (χ1v) is 15.4. The van der Waals surface area contributed by atoms with E-state index in [1.807, 2.05) is 20.8 Å². The molecule has 3 N–H and O–H groups in total. The van der Waals surface area contributed by atoms with Gasteiger partial charge in [-0.2, -0.15) is 18.2 Å². The van der Waals surface area contributed by atoms with E-state index in [1.165, 1.54) is 0 Å². The number of nitrogens with one attached hydrogen (secondary N) is 3. The highest BCUT2D eigenvalue weighted by Gasteiger charge is 2.39. The van der Waals surface area contributed by atoms with Crippen LogP contribution in [0.25, 0.3) is 0 Å². The largest absolute Gasteiger partial charge is 0.493 e. The number of alkyl halides is 3. The third-order valence-electron chi connectivity index (χ3n) is 8.19. The number of amides is 2. The molecule has 1 aliphatic carbocycles. The van der Waals surface area contributed by atoms with Crippen molar-refractivity contribution >= 4 is 29.3 Å². The lowest BCUT2D eigenvalue weighted by molar-refractivity contribution is -0.137. The average molecular weight is 620 g/mol. The van der Waals surface area contributed by atoms with Gasteiger partial charge in [0.05, 0.1) is 18.1 Å². The highest BCUT2D eigenvalue weighted by molar-refractivity contribution is 5.97. The van der Waals surface area contributed by atoms with Crippen molar-refractivity contribution in [2.45, 2.75) is 83.6 Å². The van der Waals surface area contributed by atoms with E-state index in [9.17, 15) is 22.8 Å². The van der Waals surface area contributed by atoms with Crippen LogP contribution in [-0.4, -0.2) is 83.5 Å². The van der Waals surface area contributed by atoms with Gasteiger partial charge in [0, 0.05) is 43.1 Å². The number of hydrogen-bond donors (Lipinski definition) is 3. The van der Waals surface area contributed by atoms with Gasteiger partial charge >= 0.3 is 6.18 Å². The number of halogens is 3. The molecular weight excluding hydrogens is 575 g/mol. The van der Waals surface area contributed by atoms with E-state index >= 15 is 0 Å². The Morgan fingerprint density at radius 1 is 1.16 bits per heavy atom. The summed E-state index contributed by atoms with van der Waals surface area (Å²) in [4.78, 5) is 38.3. The number of nitrogens with zero attached hydrogens (tertiary/aromatic N) is 4. The Morgan fingerprint density at radius 2 is 1.89 bits per heavy atom. The Bertz CT molecular complexity index is 1300. The van der Waals surface area contributed by atoms with Crippen molar-refractivity contribution in [2.75, 3.05) is 44.4 Å². The normalized spacial score (nSPS) is 19.6. The molecule has 1 saturated carbocycles. The standard InChI is InChI=1S/C31H44F3N7O3/c1-6-16-44-26-17-20(10-11-23(26)29(43)41(5)21-12-14-40(4)15-13-21)37-30-35-18-24(31(32,33)34)27(39-30)38-25-9-7-8-22(25)28(42)36-19(2)3/h10-11,17-19,21-22,25H,6-9,12-16H2,1-5H3,(H,36,42)(H2,35,37,38,39). The van der Waals surface area contributed by atoms with E-state index in [1.54, 1.807) is 30.1 Å². The Balaban J connectivity index is 1.57. The van der Waals surface area contributed by atoms with Gasteiger partial charge in [-0.25, -0.2) is 4.98 Å². The van der Waals surface area contributed by atoms with Gasteiger partial charge in [0.1, 0.15) is 17.1 Å². The van der Waals surface area contributed by atoms with Crippen LogP contribution in [0.4, 0.5) is 30.6 Å². The Labute approximate surface area is 257 Å². The number of piperidine rings is 1. The number of hydrogen-bond acceptors (Lipinski definition) is 8. The van der Waals surface area contributed by atoms with E-state index in [-0.39, 0.29) is 29.8 Å². The summed E-state index contributed by atoms with van der Waals surface area (Å²) in [5.74, 6) is -0.893. The second kappa shape index (κ2) is 14.4. The fraction of sp³-hybridized carbons (Fsp3) is 0.613. The zero-order valence-electron chi connectivity index (χ0n) is 26.1. The highest BCUT2D eigenvalue weighted by atomic mass is 19.4. The molecule has 2 heterocycles. The van der Waals surface area contributed by atoms with Crippen LogP contribution < -0.4 is 20.7 Å². The Morgan fingerprint density at radius 3 is 2.55 bits per heavy atom. The van der Waals surface area contributed by atoms with Crippen molar-refractivity contribution < 1.29 is 27.5 Å². The molecule has 2 fully saturated rings. The molecule has 44 heavy (non-hydrogen) atoms. The molecule has 2 amide bonds. The maximum Gasteiger partial charge on any atom is 0.421 e. The van der Waals surface area contributed by atoms with Crippen LogP contribution in [0.15, 0.2) is 24.4 Å². The SMILES string of the molecule is CCCOc1cc(Nc2ncc(C(F)(F)F)c(NC3CCCC3C(=O)NC(C)C)n2)ccc1C(=O)N(C)C1CCN(C)CC1. The van der Waals surface area contributed by atoms with Crippen LogP contribution >= 0.6 is 0 Å². The zero-order chi connectivity index (χ0) is 32.0. The third-order valence-corrected chi connectivity index (χ3v) is 8.19. The fourth-order valence-electron chi connectivity index (χ4n) is 5.75. The summed E-state index contributed by atoms with van der Waals surface area (Å²) in [5, 5.41) is 8.74. The van der Waals surface area contributed by atoms with Gasteiger partial charge < -0.3 is 30.5 Å².